The zero-order chi connectivity index (χ0) is 14.1. The number of fused-ring (bicyclic) bond motifs is 1. The molecule has 3 rings (SSSR count). The molecule has 0 aliphatic heterocycles. The van der Waals surface area contributed by atoms with Crippen LogP contribution in [0.1, 0.15) is 10.4 Å². The van der Waals surface area contributed by atoms with Gasteiger partial charge in [0.2, 0.25) is 5.89 Å². The number of hydrogen-bond acceptors (Lipinski definition) is 4. The molecule has 0 unspecified atom stereocenters. The third kappa shape index (κ3) is 2.14. The lowest BCUT2D eigenvalue weighted by molar-refractivity contribution is 0.0603. The highest BCUT2D eigenvalue weighted by molar-refractivity contribution is 6.30. The first-order valence-electron chi connectivity index (χ1n) is 5.93. The number of halogens is 1. The number of benzene rings is 2. The number of aromatic nitrogens is 1. The fourth-order valence-electron chi connectivity index (χ4n) is 1.94. The zero-order valence-electron chi connectivity index (χ0n) is 10.6. The number of methoxy groups -OCH3 is 1. The Labute approximate surface area is 119 Å². The summed E-state index contributed by atoms with van der Waals surface area (Å²) in [6.07, 6.45) is 0. The summed E-state index contributed by atoms with van der Waals surface area (Å²) in [7, 11) is 1.33. The second-order valence-corrected chi connectivity index (χ2v) is 4.61. The molecule has 0 N–H and O–H groups in total. The third-order valence-corrected chi connectivity index (χ3v) is 3.17. The molecule has 3 aromatic rings. The third-order valence-electron chi connectivity index (χ3n) is 2.92. The number of carbonyl (C=O) groups excluding carboxylic acids is 1. The molecule has 0 radical (unpaired) electrons. The van der Waals surface area contributed by atoms with E-state index < -0.39 is 5.97 Å². The minimum Gasteiger partial charge on any atom is -0.465 e. The Morgan fingerprint density at radius 2 is 1.95 bits per heavy atom. The summed E-state index contributed by atoms with van der Waals surface area (Å²) < 4.78 is 10.4. The summed E-state index contributed by atoms with van der Waals surface area (Å²) in [6, 6.07) is 12.3. The molecule has 0 atom stereocenters. The van der Waals surface area contributed by atoms with Crippen molar-refractivity contribution in [3.05, 3.63) is 53.1 Å². The molecule has 0 fully saturated rings. The number of esters is 1. The van der Waals surface area contributed by atoms with E-state index in [2.05, 4.69) is 4.98 Å². The molecule has 2 aromatic carbocycles. The molecule has 1 aromatic heterocycles. The largest absolute Gasteiger partial charge is 0.465 e. The van der Waals surface area contributed by atoms with Gasteiger partial charge in [-0.15, -0.1) is 0 Å². The average molecular weight is 288 g/mol. The molecule has 0 amide bonds. The van der Waals surface area contributed by atoms with Gasteiger partial charge in [0.1, 0.15) is 5.52 Å². The highest BCUT2D eigenvalue weighted by Gasteiger charge is 2.16. The number of rotatable bonds is 2. The second kappa shape index (κ2) is 4.98. The second-order valence-electron chi connectivity index (χ2n) is 4.17. The van der Waals surface area contributed by atoms with Gasteiger partial charge in [0.15, 0.2) is 5.58 Å². The molecule has 0 aliphatic carbocycles. The van der Waals surface area contributed by atoms with Crippen molar-refractivity contribution in [3.63, 3.8) is 0 Å². The van der Waals surface area contributed by atoms with Crippen LogP contribution in [0.15, 0.2) is 46.9 Å². The molecule has 4 nitrogen and oxygen atoms in total. The number of nitrogens with zero attached hydrogens (tertiary/aromatic N) is 1. The lowest BCUT2D eigenvalue weighted by atomic mass is 10.2. The Bertz CT molecular complexity index is 777. The molecule has 20 heavy (non-hydrogen) atoms. The minimum absolute atomic E-state index is 0.383. The number of carbonyl (C=O) groups is 1. The Kier molecular flexibility index (Phi) is 3.16. The molecule has 5 heteroatoms. The fraction of sp³-hybridized carbons (Fsp3) is 0.0667. The van der Waals surface area contributed by atoms with Gasteiger partial charge in [-0.3, -0.25) is 0 Å². The predicted octanol–water partition coefficient (Wildman–Crippen LogP) is 3.93. The summed E-state index contributed by atoms with van der Waals surface area (Å²) in [5, 5.41) is 0.639. The predicted molar refractivity (Wildman–Crippen MR) is 75.8 cm³/mol. The molecule has 0 spiro atoms. The highest BCUT2D eigenvalue weighted by Crippen LogP contribution is 2.27. The van der Waals surface area contributed by atoms with Gasteiger partial charge in [0.25, 0.3) is 0 Å². The molecule has 0 bridgehead atoms. The normalized spacial score (nSPS) is 10.7. The van der Waals surface area contributed by atoms with Crippen molar-refractivity contribution in [1.82, 2.24) is 4.98 Å². The Hall–Kier alpha value is -2.33. The van der Waals surface area contributed by atoms with Crippen LogP contribution < -0.4 is 0 Å². The first kappa shape index (κ1) is 12.7. The Balaban J connectivity index is 2.15. The van der Waals surface area contributed by atoms with Crippen LogP contribution in [0.4, 0.5) is 0 Å². The van der Waals surface area contributed by atoms with Crippen LogP contribution in [-0.4, -0.2) is 18.1 Å². The molecule has 0 saturated heterocycles. The molecule has 100 valence electrons. The van der Waals surface area contributed by atoms with Crippen molar-refractivity contribution in [1.29, 1.82) is 0 Å². The summed E-state index contributed by atoms with van der Waals surface area (Å²) in [5.41, 5.74) is 2.21. The van der Waals surface area contributed by atoms with E-state index in [0.717, 1.165) is 5.56 Å². The van der Waals surface area contributed by atoms with E-state index in [-0.39, 0.29) is 0 Å². The summed E-state index contributed by atoms with van der Waals surface area (Å²) in [4.78, 5) is 16.1. The van der Waals surface area contributed by atoms with Gasteiger partial charge in [-0.1, -0.05) is 17.7 Å². The summed E-state index contributed by atoms with van der Waals surface area (Å²) in [6.45, 7) is 0. The van der Waals surface area contributed by atoms with E-state index in [4.69, 9.17) is 20.8 Å². The van der Waals surface area contributed by atoms with Crippen molar-refractivity contribution in [2.45, 2.75) is 0 Å². The summed E-state index contributed by atoms with van der Waals surface area (Å²) in [5.74, 6) is -0.000393. The molecule has 0 aliphatic rings. The van der Waals surface area contributed by atoms with Crippen molar-refractivity contribution in [3.8, 4) is 11.5 Å². The first-order valence-corrected chi connectivity index (χ1v) is 6.30. The van der Waals surface area contributed by atoms with Gasteiger partial charge in [-0.25, -0.2) is 9.78 Å². The van der Waals surface area contributed by atoms with Crippen LogP contribution in [0.3, 0.4) is 0 Å². The van der Waals surface area contributed by atoms with E-state index in [0.29, 0.717) is 27.6 Å². The maximum Gasteiger partial charge on any atom is 0.340 e. The number of para-hydroxylation sites is 1. The lowest BCUT2D eigenvalue weighted by Gasteiger charge is -1.97. The Morgan fingerprint density at radius 1 is 1.20 bits per heavy atom. The summed E-state index contributed by atoms with van der Waals surface area (Å²) >= 11 is 5.85. The Morgan fingerprint density at radius 3 is 2.65 bits per heavy atom. The van der Waals surface area contributed by atoms with Gasteiger partial charge in [0.05, 0.1) is 12.7 Å². The van der Waals surface area contributed by atoms with Gasteiger partial charge in [0, 0.05) is 10.6 Å². The van der Waals surface area contributed by atoms with Crippen LogP contribution >= 0.6 is 11.6 Å². The quantitative estimate of drug-likeness (QED) is 0.670. The van der Waals surface area contributed by atoms with E-state index in [1.54, 1.807) is 30.3 Å². The smallest absolute Gasteiger partial charge is 0.340 e. The number of hydrogen-bond donors (Lipinski definition) is 0. The van der Waals surface area contributed by atoms with Crippen LogP contribution in [0.5, 0.6) is 0 Å². The maximum atomic E-state index is 11.7. The molecule has 0 saturated carbocycles. The topological polar surface area (TPSA) is 52.3 Å². The van der Waals surface area contributed by atoms with Crippen LogP contribution in [0.25, 0.3) is 22.6 Å². The monoisotopic (exact) mass is 287 g/mol. The number of oxazole rings is 1. The van der Waals surface area contributed by atoms with Crippen molar-refractivity contribution >= 4 is 28.7 Å². The zero-order valence-corrected chi connectivity index (χ0v) is 11.3. The van der Waals surface area contributed by atoms with Crippen molar-refractivity contribution in [2.24, 2.45) is 0 Å². The van der Waals surface area contributed by atoms with Crippen molar-refractivity contribution in [2.75, 3.05) is 7.11 Å². The number of ether oxygens (including phenoxy) is 1. The standard InChI is InChI=1S/C15H10ClNO3/c1-19-15(18)11-3-2-4-12-13(11)17-14(20-12)9-5-7-10(16)8-6-9/h2-8H,1H3. The van der Waals surface area contributed by atoms with E-state index in [1.165, 1.54) is 7.11 Å². The van der Waals surface area contributed by atoms with Crippen molar-refractivity contribution < 1.29 is 13.9 Å². The minimum atomic E-state index is -0.438. The van der Waals surface area contributed by atoms with Crippen LogP contribution in [-0.2, 0) is 4.74 Å². The van der Waals surface area contributed by atoms with Gasteiger partial charge < -0.3 is 9.15 Å². The average Bonchev–Trinajstić information content (AvgIpc) is 2.91. The van der Waals surface area contributed by atoms with E-state index in [9.17, 15) is 4.79 Å². The fourth-order valence-corrected chi connectivity index (χ4v) is 2.07. The first-order chi connectivity index (χ1) is 9.69. The maximum absolute atomic E-state index is 11.7. The molecular formula is C15H10ClNO3. The lowest BCUT2D eigenvalue weighted by Crippen LogP contribution is -2.01. The van der Waals surface area contributed by atoms with Gasteiger partial charge in [-0.2, -0.15) is 0 Å². The van der Waals surface area contributed by atoms with Gasteiger partial charge in [-0.05, 0) is 36.4 Å². The van der Waals surface area contributed by atoms with E-state index >= 15 is 0 Å². The SMILES string of the molecule is COC(=O)c1cccc2oc(-c3ccc(Cl)cc3)nc12. The van der Waals surface area contributed by atoms with Crippen LogP contribution in [0.2, 0.25) is 5.02 Å². The molecular weight excluding hydrogens is 278 g/mol. The van der Waals surface area contributed by atoms with Crippen LogP contribution in [0, 0.1) is 0 Å². The molecule has 1 heterocycles. The van der Waals surface area contributed by atoms with Gasteiger partial charge >= 0.3 is 5.97 Å². The highest BCUT2D eigenvalue weighted by atomic mass is 35.5. The van der Waals surface area contributed by atoms with E-state index in [1.807, 2.05) is 12.1 Å².